The monoisotopic (exact) mass is 264 g/mol. The Labute approximate surface area is 113 Å². The van der Waals surface area contributed by atoms with Gasteiger partial charge < -0.3 is 20.2 Å². The molecule has 5 heteroatoms. The van der Waals surface area contributed by atoms with Crippen molar-refractivity contribution in [1.29, 1.82) is 5.26 Å². The van der Waals surface area contributed by atoms with Gasteiger partial charge in [-0.15, -0.1) is 0 Å². The van der Waals surface area contributed by atoms with E-state index < -0.39 is 6.10 Å². The molecule has 1 aromatic rings. The summed E-state index contributed by atoms with van der Waals surface area (Å²) in [6.45, 7) is 1.25. The van der Waals surface area contributed by atoms with Crippen molar-refractivity contribution in [2.45, 2.75) is 25.4 Å². The third kappa shape index (κ3) is 5.16. The first kappa shape index (κ1) is 15.3. The van der Waals surface area contributed by atoms with Crippen LogP contribution in [-0.4, -0.2) is 40.4 Å². The van der Waals surface area contributed by atoms with Gasteiger partial charge in [-0.2, -0.15) is 5.26 Å². The van der Waals surface area contributed by atoms with Crippen molar-refractivity contribution < 1.29 is 15.3 Å². The van der Waals surface area contributed by atoms with Crippen LogP contribution in [-0.2, 0) is 0 Å². The van der Waals surface area contributed by atoms with Crippen molar-refractivity contribution in [1.82, 2.24) is 4.90 Å². The second-order valence-corrected chi connectivity index (χ2v) is 4.64. The smallest absolute Gasteiger partial charge is 0.157 e. The summed E-state index contributed by atoms with van der Waals surface area (Å²) >= 11 is 0. The zero-order valence-electron chi connectivity index (χ0n) is 11.1. The molecular weight excluding hydrogens is 244 g/mol. The van der Waals surface area contributed by atoms with Crippen molar-refractivity contribution in [2.75, 3.05) is 20.1 Å². The largest absolute Gasteiger partial charge is 0.504 e. The van der Waals surface area contributed by atoms with Gasteiger partial charge in [0.1, 0.15) is 0 Å². The number of benzene rings is 1. The Morgan fingerprint density at radius 2 is 2.00 bits per heavy atom. The highest BCUT2D eigenvalue weighted by atomic mass is 16.3. The Morgan fingerprint density at radius 3 is 2.63 bits per heavy atom. The van der Waals surface area contributed by atoms with E-state index in [4.69, 9.17) is 5.26 Å². The zero-order chi connectivity index (χ0) is 14.3. The summed E-state index contributed by atoms with van der Waals surface area (Å²) in [4.78, 5) is 1.98. The van der Waals surface area contributed by atoms with Gasteiger partial charge in [0.15, 0.2) is 11.5 Å². The van der Waals surface area contributed by atoms with Gasteiger partial charge in [0, 0.05) is 13.0 Å². The van der Waals surface area contributed by atoms with Gasteiger partial charge in [-0.1, -0.05) is 6.07 Å². The Hall–Kier alpha value is -1.77. The van der Waals surface area contributed by atoms with Crippen LogP contribution in [0.15, 0.2) is 18.2 Å². The topological polar surface area (TPSA) is 87.7 Å². The molecular formula is C14H20N2O3. The molecule has 0 radical (unpaired) electrons. The molecule has 3 N–H and O–H groups in total. The molecule has 0 spiro atoms. The molecule has 104 valence electrons. The van der Waals surface area contributed by atoms with Gasteiger partial charge in [0.2, 0.25) is 0 Å². The average molecular weight is 264 g/mol. The van der Waals surface area contributed by atoms with Crippen LogP contribution >= 0.6 is 0 Å². The molecule has 0 saturated carbocycles. The Balaban J connectivity index is 2.43. The Kier molecular flexibility index (Phi) is 6.13. The van der Waals surface area contributed by atoms with E-state index >= 15 is 0 Å². The molecule has 1 rings (SSSR count). The van der Waals surface area contributed by atoms with E-state index in [0.29, 0.717) is 18.5 Å². The molecule has 19 heavy (non-hydrogen) atoms. The quantitative estimate of drug-likeness (QED) is 0.516. The van der Waals surface area contributed by atoms with Crippen LogP contribution < -0.4 is 0 Å². The number of aromatic hydroxyl groups is 2. The molecule has 0 amide bonds. The second-order valence-electron chi connectivity index (χ2n) is 4.64. The lowest BCUT2D eigenvalue weighted by molar-refractivity contribution is 0.125. The number of phenols is 2. The standard InChI is InChI=1S/C14H20N2O3/c1-16(8-4-2-3-7-15)10-14(19)11-5-6-12(17)13(18)9-11/h5-6,9,14,17-19H,2-4,8,10H2,1H3/t14-/m0/s1. The lowest BCUT2D eigenvalue weighted by Gasteiger charge is -2.20. The van der Waals surface area contributed by atoms with E-state index in [9.17, 15) is 15.3 Å². The first-order valence-corrected chi connectivity index (χ1v) is 6.30. The molecule has 1 aromatic carbocycles. The van der Waals surface area contributed by atoms with Crippen LogP contribution in [0.3, 0.4) is 0 Å². The van der Waals surface area contributed by atoms with Gasteiger partial charge in [-0.05, 0) is 44.1 Å². The third-order valence-corrected chi connectivity index (χ3v) is 2.95. The molecule has 1 atom stereocenters. The SMILES string of the molecule is CN(CCCCC#N)C[C@H](O)c1ccc(O)c(O)c1. The first-order chi connectivity index (χ1) is 9.04. The molecule has 5 nitrogen and oxygen atoms in total. The number of hydrogen-bond donors (Lipinski definition) is 3. The number of nitrogens with zero attached hydrogens (tertiary/aromatic N) is 2. The van der Waals surface area contributed by atoms with Crippen LogP contribution in [0.1, 0.15) is 30.9 Å². The van der Waals surface area contributed by atoms with Crippen molar-refractivity contribution in [3.8, 4) is 17.6 Å². The number of unbranched alkanes of at least 4 members (excludes halogenated alkanes) is 2. The Bertz CT molecular complexity index is 443. The lowest BCUT2D eigenvalue weighted by Crippen LogP contribution is -2.25. The minimum atomic E-state index is -0.715. The predicted octanol–water partition coefficient (Wildman–Crippen LogP) is 1.76. The van der Waals surface area contributed by atoms with Gasteiger partial charge >= 0.3 is 0 Å². The minimum absolute atomic E-state index is 0.194. The van der Waals surface area contributed by atoms with E-state index in [1.165, 1.54) is 12.1 Å². The highest BCUT2D eigenvalue weighted by Gasteiger charge is 2.12. The van der Waals surface area contributed by atoms with Crippen molar-refractivity contribution >= 4 is 0 Å². The van der Waals surface area contributed by atoms with E-state index in [1.54, 1.807) is 6.07 Å². The van der Waals surface area contributed by atoms with E-state index in [-0.39, 0.29) is 11.5 Å². The summed E-state index contributed by atoms with van der Waals surface area (Å²) in [6.07, 6.45) is 1.61. The number of aliphatic hydroxyl groups is 1. The number of nitriles is 1. The number of rotatable bonds is 7. The van der Waals surface area contributed by atoms with Crippen molar-refractivity contribution in [2.24, 2.45) is 0 Å². The van der Waals surface area contributed by atoms with Gasteiger partial charge in [-0.25, -0.2) is 0 Å². The summed E-state index contributed by atoms with van der Waals surface area (Å²) in [5.74, 6) is -0.422. The van der Waals surface area contributed by atoms with Crippen LogP contribution in [0.2, 0.25) is 0 Å². The van der Waals surface area contributed by atoms with E-state index in [1.807, 2.05) is 11.9 Å². The van der Waals surface area contributed by atoms with Crippen LogP contribution in [0.5, 0.6) is 11.5 Å². The summed E-state index contributed by atoms with van der Waals surface area (Å²) < 4.78 is 0. The van der Waals surface area contributed by atoms with Gasteiger partial charge in [-0.3, -0.25) is 0 Å². The molecule has 0 fully saturated rings. The van der Waals surface area contributed by atoms with Gasteiger partial charge in [0.05, 0.1) is 12.2 Å². The second kappa shape index (κ2) is 7.62. The summed E-state index contributed by atoms with van der Waals surface area (Å²) in [5.41, 5.74) is 0.569. The minimum Gasteiger partial charge on any atom is -0.504 e. The lowest BCUT2D eigenvalue weighted by atomic mass is 10.1. The predicted molar refractivity (Wildman–Crippen MR) is 71.7 cm³/mol. The Morgan fingerprint density at radius 1 is 1.26 bits per heavy atom. The molecule has 0 unspecified atom stereocenters. The average Bonchev–Trinajstić information content (AvgIpc) is 2.38. The van der Waals surface area contributed by atoms with Gasteiger partial charge in [0.25, 0.3) is 0 Å². The first-order valence-electron chi connectivity index (χ1n) is 6.30. The molecule has 0 aromatic heterocycles. The summed E-state index contributed by atoms with van der Waals surface area (Å²) in [6, 6.07) is 6.41. The van der Waals surface area contributed by atoms with E-state index in [0.717, 1.165) is 19.4 Å². The molecule has 0 heterocycles. The fourth-order valence-electron chi connectivity index (χ4n) is 1.83. The zero-order valence-corrected chi connectivity index (χ0v) is 11.1. The number of aliphatic hydroxyl groups excluding tert-OH is 1. The highest BCUT2D eigenvalue weighted by Crippen LogP contribution is 2.27. The third-order valence-electron chi connectivity index (χ3n) is 2.95. The molecule has 0 aliphatic heterocycles. The molecule has 0 saturated heterocycles. The van der Waals surface area contributed by atoms with Crippen LogP contribution in [0.4, 0.5) is 0 Å². The van der Waals surface area contributed by atoms with E-state index in [2.05, 4.69) is 6.07 Å². The molecule has 0 bridgehead atoms. The maximum absolute atomic E-state index is 10.0. The number of hydrogen-bond acceptors (Lipinski definition) is 5. The van der Waals surface area contributed by atoms with Crippen molar-refractivity contribution in [3.63, 3.8) is 0 Å². The molecule has 0 aliphatic rings. The fraction of sp³-hybridized carbons (Fsp3) is 0.500. The molecule has 0 aliphatic carbocycles. The maximum Gasteiger partial charge on any atom is 0.157 e. The summed E-state index contributed by atoms with van der Waals surface area (Å²) in [5, 5.41) is 37.0. The number of phenolic OH excluding ortho intramolecular Hbond substituents is 2. The summed E-state index contributed by atoms with van der Waals surface area (Å²) in [7, 11) is 1.90. The number of likely N-dealkylation sites (N-methyl/N-ethyl adjacent to an activating group) is 1. The van der Waals surface area contributed by atoms with Crippen LogP contribution in [0, 0.1) is 11.3 Å². The van der Waals surface area contributed by atoms with Crippen molar-refractivity contribution in [3.05, 3.63) is 23.8 Å². The normalized spacial score (nSPS) is 12.3. The van der Waals surface area contributed by atoms with Crippen LogP contribution in [0.25, 0.3) is 0 Å². The fourth-order valence-corrected chi connectivity index (χ4v) is 1.83. The maximum atomic E-state index is 10.0. The highest BCUT2D eigenvalue weighted by molar-refractivity contribution is 5.41.